The second-order valence-corrected chi connectivity index (χ2v) is 3.65. The maximum absolute atomic E-state index is 11.8. The molecule has 1 aromatic rings. The maximum atomic E-state index is 11.8. The summed E-state index contributed by atoms with van der Waals surface area (Å²) in [4.78, 5) is 11.8. The first-order valence-electron chi connectivity index (χ1n) is 5.18. The number of carbonyl (C=O) groups excluding carboxylic acids is 1. The van der Waals surface area contributed by atoms with E-state index in [4.69, 9.17) is 9.84 Å². The lowest BCUT2D eigenvalue weighted by Gasteiger charge is -2.10. The summed E-state index contributed by atoms with van der Waals surface area (Å²) in [5.74, 6) is -0.187. The fraction of sp³-hybridized carbons (Fsp3) is 0.417. The topological polar surface area (TPSA) is 58.6 Å². The largest absolute Gasteiger partial charge is 0.392 e. The van der Waals surface area contributed by atoms with E-state index in [0.717, 1.165) is 5.56 Å². The zero-order chi connectivity index (χ0) is 12.0. The molecule has 4 heteroatoms. The predicted octanol–water partition coefficient (Wildman–Crippen LogP) is 0.944. The Balaban J connectivity index is 2.73. The molecule has 1 rings (SSSR count). The molecule has 0 heterocycles. The van der Waals surface area contributed by atoms with E-state index in [1.807, 2.05) is 12.1 Å². The summed E-state index contributed by atoms with van der Waals surface area (Å²) in [5.41, 5.74) is 1.43. The molecule has 0 saturated carbocycles. The molecular formula is C12H17NO3. The Kier molecular flexibility index (Phi) is 4.95. The number of hydrogen-bond acceptors (Lipinski definition) is 3. The summed E-state index contributed by atoms with van der Waals surface area (Å²) in [6, 6.07) is 7.25. The van der Waals surface area contributed by atoms with E-state index in [1.165, 1.54) is 0 Å². The summed E-state index contributed by atoms with van der Waals surface area (Å²) in [7, 11) is 1.59. The first kappa shape index (κ1) is 12.7. The molecule has 0 spiro atoms. The van der Waals surface area contributed by atoms with Crippen molar-refractivity contribution in [2.24, 2.45) is 0 Å². The highest BCUT2D eigenvalue weighted by molar-refractivity contribution is 5.95. The molecule has 1 unspecified atom stereocenters. The van der Waals surface area contributed by atoms with Crippen molar-refractivity contribution in [3.05, 3.63) is 35.4 Å². The van der Waals surface area contributed by atoms with Crippen molar-refractivity contribution < 1.29 is 14.6 Å². The molecule has 0 saturated heterocycles. The number of aliphatic hydroxyl groups is 1. The van der Waals surface area contributed by atoms with Gasteiger partial charge in [0.2, 0.25) is 0 Å². The summed E-state index contributed by atoms with van der Waals surface area (Å²) in [5, 5.41) is 11.7. The number of benzene rings is 1. The van der Waals surface area contributed by atoms with Crippen LogP contribution in [0, 0.1) is 0 Å². The monoisotopic (exact) mass is 223 g/mol. The molecule has 1 aromatic carbocycles. The molecular weight excluding hydrogens is 206 g/mol. The van der Waals surface area contributed by atoms with Crippen molar-refractivity contribution in [2.75, 3.05) is 13.7 Å². The molecule has 0 aliphatic carbocycles. The van der Waals surface area contributed by atoms with Crippen LogP contribution in [0.1, 0.15) is 22.8 Å². The van der Waals surface area contributed by atoms with Crippen LogP contribution in [0.2, 0.25) is 0 Å². The first-order valence-corrected chi connectivity index (χ1v) is 5.18. The van der Waals surface area contributed by atoms with Crippen molar-refractivity contribution in [1.82, 2.24) is 5.32 Å². The highest BCUT2D eigenvalue weighted by atomic mass is 16.5. The Labute approximate surface area is 95.2 Å². The Bertz CT molecular complexity index is 350. The molecule has 0 aliphatic heterocycles. The van der Waals surface area contributed by atoms with E-state index in [9.17, 15) is 4.79 Å². The Morgan fingerprint density at radius 1 is 1.50 bits per heavy atom. The van der Waals surface area contributed by atoms with Crippen molar-refractivity contribution >= 4 is 5.91 Å². The SMILES string of the molecule is COCc1ccccc1C(=O)NCC(C)O. The summed E-state index contributed by atoms with van der Waals surface area (Å²) >= 11 is 0. The van der Waals surface area contributed by atoms with Gasteiger partial charge in [-0.1, -0.05) is 18.2 Å². The molecule has 4 nitrogen and oxygen atoms in total. The van der Waals surface area contributed by atoms with E-state index in [1.54, 1.807) is 26.2 Å². The summed E-state index contributed by atoms with van der Waals surface area (Å²) in [6.45, 7) is 2.28. The molecule has 0 bridgehead atoms. The standard InChI is InChI=1S/C12H17NO3/c1-9(14)7-13-12(15)11-6-4-3-5-10(11)8-16-2/h3-6,9,14H,7-8H2,1-2H3,(H,13,15). The van der Waals surface area contributed by atoms with Gasteiger partial charge >= 0.3 is 0 Å². The lowest BCUT2D eigenvalue weighted by atomic mass is 10.1. The number of rotatable bonds is 5. The van der Waals surface area contributed by atoms with Gasteiger partial charge in [-0.2, -0.15) is 0 Å². The van der Waals surface area contributed by atoms with Gasteiger partial charge in [0, 0.05) is 19.2 Å². The van der Waals surface area contributed by atoms with Gasteiger partial charge in [0.15, 0.2) is 0 Å². The molecule has 16 heavy (non-hydrogen) atoms. The first-order chi connectivity index (χ1) is 7.65. The van der Waals surface area contributed by atoms with E-state index < -0.39 is 6.10 Å². The molecule has 0 aromatic heterocycles. The second kappa shape index (κ2) is 6.25. The van der Waals surface area contributed by atoms with Crippen LogP contribution in [0.3, 0.4) is 0 Å². The summed E-state index contributed by atoms with van der Waals surface area (Å²) in [6.07, 6.45) is -0.543. The zero-order valence-corrected chi connectivity index (χ0v) is 9.56. The lowest BCUT2D eigenvalue weighted by Crippen LogP contribution is -2.31. The third-order valence-electron chi connectivity index (χ3n) is 2.12. The average molecular weight is 223 g/mol. The molecule has 0 aliphatic rings. The quantitative estimate of drug-likeness (QED) is 0.781. The fourth-order valence-electron chi connectivity index (χ4n) is 1.36. The van der Waals surface area contributed by atoms with Crippen LogP contribution in [-0.4, -0.2) is 30.8 Å². The van der Waals surface area contributed by atoms with E-state index in [-0.39, 0.29) is 12.5 Å². The van der Waals surface area contributed by atoms with Gasteiger partial charge in [-0.25, -0.2) is 0 Å². The van der Waals surface area contributed by atoms with Crippen LogP contribution in [0.5, 0.6) is 0 Å². The van der Waals surface area contributed by atoms with Gasteiger partial charge < -0.3 is 15.2 Å². The van der Waals surface area contributed by atoms with E-state index >= 15 is 0 Å². The third-order valence-corrected chi connectivity index (χ3v) is 2.12. The number of nitrogens with one attached hydrogen (secondary N) is 1. The van der Waals surface area contributed by atoms with Gasteiger partial charge in [0.05, 0.1) is 12.7 Å². The van der Waals surface area contributed by atoms with Crippen LogP contribution in [0.15, 0.2) is 24.3 Å². The van der Waals surface area contributed by atoms with Crippen molar-refractivity contribution in [1.29, 1.82) is 0 Å². The second-order valence-electron chi connectivity index (χ2n) is 3.65. The number of aliphatic hydroxyl groups excluding tert-OH is 1. The van der Waals surface area contributed by atoms with Crippen molar-refractivity contribution in [3.63, 3.8) is 0 Å². The van der Waals surface area contributed by atoms with Crippen LogP contribution >= 0.6 is 0 Å². The van der Waals surface area contributed by atoms with E-state index in [2.05, 4.69) is 5.32 Å². The number of ether oxygens (including phenoxy) is 1. The highest BCUT2D eigenvalue weighted by Crippen LogP contribution is 2.09. The maximum Gasteiger partial charge on any atom is 0.251 e. The third kappa shape index (κ3) is 3.64. The minimum atomic E-state index is -0.543. The van der Waals surface area contributed by atoms with Crippen LogP contribution in [-0.2, 0) is 11.3 Å². The zero-order valence-electron chi connectivity index (χ0n) is 9.56. The molecule has 88 valence electrons. The Morgan fingerprint density at radius 3 is 2.81 bits per heavy atom. The molecule has 2 N–H and O–H groups in total. The van der Waals surface area contributed by atoms with Crippen LogP contribution < -0.4 is 5.32 Å². The number of carbonyl (C=O) groups is 1. The van der Waals surface area contributed by atoms with Gasteiger partial charge in [0.25, 0.3) is 5.91 Å². The Morgan fingerprint density at radius 2 is 2.19 bits per heavy atom. The minimum Gasteiger partial charge on any atom is -0.392 e. The molecule has 0 fully saturated rings. The number of hydrogen-bond donors (Lipinski definition) is 2. The van der Waals surface area contributed by atoms with Gasteiger partial charge in [0.1, 0.15) is 0 Å². The van der Waals surface area contributed by atoms with Crippen molar-refractivity contribution in [3.8, 4) is 0 Å². The van der Waals surface area contributed by atoms with Crippen LogP contribution in [0.25, 0.3) is 0 Å². The fourth-order valence-corrected chi connectivity index (χ4v) is 1.36. The lowest BCUT2D eigenvalue weighted by molar-refractivity contribution is 0.0919. The highest BCUT2D eigenvalue weighted by Gasteiger charge is 2.10. The van der Waals surface area contributed by atoms with Gasteiger partial charge in [-0.05, 0) is 18.6 Å². The number of methoxy groups -OCH3 is 1. The normalized spacial score (nSPS) is 12.2. The summed E-state index contributed by atoms with van der Waals surface area (Å²) < 4.78 is 5.01. The van der Waals surface area contributed by atoms with Crippen LogP contribution in [0.4, 0.5) is 0 Å². The minimum absolute atomic E-state index is 0.187. The smallest absolute Gasteiger partial charge is 0.251 e. The molecule has 0 radical (unpaired) electrons. The molecule has 1 atom stereocenters. The predicted molar refractivity (Wildman–Crippen MR) is 61.2 cm³/mol. The molecule has 1 amide bonds. The Hall–Kier alpha value is -1.39. The average Bonchev–Trinajstić information content (AvgIpc) is 2.27. The van der Waals surface area contributed by atoms with Gasteiger partial charge in [-0.3, -0.25) is 4.79 Å². The van der Waals surface area contributed by atoms with E-state index in [0.29, 0.717) is 12.2 Å². The van der Waals surface area contributed by atoms with Crippen molar-refractivity contribution in [2.45, 2.75) is 19.6 Å². The number of amides is 1. The van der Waals surface area contributed by atoms with Gasteiger partial charge in [-0.15, -0.1) is 0 Å².